The van der Waals surface area contributed by atoms with Crippen molar-refractivity contribution in [3.63, 3.8) is 0 Å². The average Bonchev–Trinajstić information content (AvgIpc) is 3.22. The number of hydrogen-bond donors (Lipinski definition) is 2. The molecule has 1 saturated heterocycles. The Balaban J connectivity index is 1.35. The number of aliphatic hydroxyl groups excluding tert-OH is 1. The Morgan fingerprint density at radius 1 is 1.06 bits per heavy atom. The normalized spacial score (nSPS) is 22.6. The van der Waals surface area contributed by atoms with E-state index in [0.717, 1.165) is 55.2 Å². The van der Waals surface area contributed by atoms with E-state index in [0.29, 0.717) is 22.6 Å². The first-order valence-electron chi connectivity index (χ1n) is 10.8. The molecule has 1 unspecified atom stereocenters. The molecule has 31 heavy (non-hydrogen) atoms. The van der Waals surface area contributed by atoms with Gasteiger partial charge in [-0.25, -0.2) is 0 Å². The van der Waals surface area contributed by atoms with E-state index in [1.165, 1.54) is 4.90 Å². The highest BCUT2D eigenvalue weighted by Gasteiger charge is 2.37. The van der Waals surface area contributed by atoms with Gasteiger partial charge in [0.05, 0.1) is 13.1 Å². The van der Waals surface area contributed by atoms with E-state index in [1.54, 1.807) is 0 Å². The van der Waals surface area contributed by atoms with E-state index in [9.17, 15) is 9.90 Å². The van der Waals surface area contributed by atoms with Gasteiger partial charge in [-0.3, -0.25) is 4.79 Å². The first kappa shape index (κ1) is 20.3. The molecule has 2 aromatic heterocycles. The molecule has 5 nitrogen and oxygen atoms in total. The summed E-state index contributed by atoms with van der Waals surface area (Å²) in [6.07, 6.45) is 5.00. The summed E-state index contributed by atoms with van der Waals surface area (Å²) in [5.41, 5.74) is 2.98. The minimum Gasteiger partial charge on any atom is -0.458 e. The van der Waals surface area contributed by atoms with E-state index in [1.807, 2.05) is 59.2 Å². The van der Waals surface area contributed by atoms with Crippen molar-refractivity contribution in [3.8, 4) is 0 Å². The molecule has 0 aliphatic carbocycles. The fourth-order valence-corrected chi connectivity index (χ4v) is 5.19. The number of nitrogens with one attached hydrogen (secondary N) is 1. The Morgan fingerprint density at radius 2 is 1.87 bits per heavy atom. The highest BCUT2D eigenvalue weighted by molar-refractivity contribution is 6.30. The maximum absolute atomic E-state index is 13.2. The number of piperidine rings is 1. The number of quaternary nitrogens is 1. The molecule has 2 aliphatic rings. The Bertz CT molecular complexity index is 1160. The number of nitrogens with zero attached hydrogens (tertiary/aromatic N) is 1. The smallest absolute Gasteiger partial charge is 0.258 e. The van der Waals surface area contributed by atoms with Crippen LogP contribution in [0.1, 0.15) is 40.7 Å². The van der Waals surface area contributed by atoms with Crippen LogP contribution in [0.3, 0.4) is 0 Å². The fourth-order valence-electron chi connectivity index (χ4n) is 5.07. The number of aromatic nitrogens is 1. The third-order valence-electron chi connectivity index (χ3n) is 6.45. The molecule has 5 rings (SSSR count). The summed E-state index contributed by atoms with van der Waals surface area (Å²) in [7, 11) is 0. The van der Waals surface area contributed by atoms with Gasteiger partial charge in [0, 0.05) is 34.7 Å². The zero-order chi connectivity index (χ0) is 21.4. The Labute approximate surface area is 186 Å². The molecule has 2 bridgehead atoms. The van der Waals surface area contributed by atoms with Crippen molar-refractivity contribution in [1.82, 2.24) is 4.57 Å². The predicted octanol–water partition coefficient (Wildman–Crippen LogP) is 2.96. The van der Waals surface area contributed by atoms with E-state index >= 15 is 0 Å². The number of likely N-dealkylation sites (tertiary alicyclic amines) is 1. The highest BCUT2D eigenvalue weighted by atomic mass is 35.5. The van der Waals surface area contributed by atoms with E-state index < -0.39 is 0 Å². The van der Waals surface area contributed by atoms with Crippen LogP contribution in [0.4, 0.5) is 0 Å². The van der Waals surface area contributed by atoms with E-state index in [-0.39, 0.29) is 12.2 Å². The van der Waals surface area contributed by atoms with Crippen LogP contribution in [0.2, 0.25) is 5.02 Å². The molecule has 0 saturated carbocycles. The molecule has 2 N–H and O–H groups in total. The molecule has 0 amide bonds. The van der Waals surface area contributed by atoms with Crippen molar-refractivity contribution < 1.29 is 14.4 Å². The van der Waals surface area contributed by atoms with Crippen LogP contribution in [0.5, 0.6) is 0 Å². The molecule has 2 aliphatic heterocycles. The molecular weight excluding hydrogens is 412 g/mol. The number of pyridine rings is 1. The molecule has 0 radical (unpaired) electrons. The van der Waals surface area contributed by atoms with Crippen molar-refractivity contribution in [2.75, 3.05) is 13.1 Å². The zero-order valence-electron chi connectivity index (χ0n) is 17.3. The zero-order valence-corrected chi connectivity index (χ0v) is 18.0. The molecule has 0 spiro atoms. The first-order valence-corrected chi connectivity index (χ1v) is 11.2. The van der Waals surface area contributed by atoms with Crippen molar-refractivity contribution in [3.05, 3.63) is 92.2 Å². The lowest BCUT2D eigenvalue weighted by Crippen LogP contribution is -3.13. The molecule has 6 heteroatoms. The second kappa shape index (κ2) is 8.50. The Hall–Kier alpha value is -2.60. The van der Waals surface area contributed by atoms with Gasteiger partial charge in [-0.15, -0.1) is 0 Å². The van der Waals surface area contributed by atoms with Gasteiger partial charge in [0.25, 0.3) is 5.56 Å². The summed E-state index contributed by atoms with van der Waals surface area (Å²) in [4.78, 5) is 14.7. The van der Waals surface area contributed by atoms with E-state index in [2.05, 4.69) is 6.07 Å². The minimum atomic E-state index is -0.0638. The highest BCUT2D eigenvalue weighted by Crippen LogP contribution is 2.30. The summed E-state index contributed by atoms with van der Waals surface area (Å²) in [6.45, 7) is 3.55. The van der Waals surface area contributed by atoms with Crippen molar-refractivity contribution in [2.45, 2.75) is 32.0 Å². The van der Waals surface area contributed by atoms with Gasteiger partial charge < -0.3 is 19.0 Å². The lowest BCUT2D eigenvalue weighted by molar-refractivity contribution is -0.925. The predicted molar refractivity (Wildman–Crippen MR) is 121 cm³/mol. The van der Waals surface area contributed by atoms with Gasteiger partial charge in [-0.2, -0.15) is 0 Å². The molecule has 1 aromatic carbocycles. The lowest BCUT2D eigenvalue weighted by Gasteiger charge is -2.40. The third-order valence-corrected chi connectivity index (χ3v) is 6.70. The number of aliphatic hydroxyl groups is 1. The summed E-state index contributed by atoms with van der Waals surface area (Å²) in [5, 5.41) is 9.92. The molecule has 3 atom stereocenters. The van der Waals surface area contributed by atoms with Crippen molar-refractivity contribution >= 4 is 23.8 Å². The molecule has 1 fully saturated rings. The Morgan fingerprint density at radius 3 is 2.65 bits per heavy atom. The van der Waals surface area contributed by atoms with Gasteiger partial charge in [0.15, 0.2) is 5.76 Å². The standard InChI is InChI=1S/C25H25ClN2O3/c26-21-6-2-17(3-7-21)1-4-19-5-10-24-20-11-18(13-28(24)25(19)30)12-27(14-20)15-22-8-9-23(16-29)31-22/h1-10,18,20,29H,11-16H2/p+1/b4-1+/t18-,20+/m0/s1. The SMILES string of the molecule is O=c1c(/C=C/c2ccc(Cl)cc2)ccc2n1C[C@H]1C[C@@H]2C[NH+](Cc2ccc(CO)o2)C1. The maximum Gasteiger partial charge on any atom is 0.258 e. The third kappa shape index (κ3) is 4.26. The summed E-state index contributed by atoms with van der Waals surface area (Å²) >= 11 is 5.95. The summed E-state index contributed by atoms with van der Waals surface area (Å²) in [5.74, 6) is 2.40. The minimum absolute atomic E-state index is 0.0638. The van der Waals surface area contributed by atoms with Crippen LogP contribution in [0, 0.1) is 5.92 Å². The monoisotopic (exact) mass is 437 g/mol. The second-order valence-electron chi connectivity index (χ2n) is 8.67. The largest absolute Gasteiger partial charge is 0.458 e. The van der Waals surface area contributed by atoms with Crippen molar-refractivity contribution in [1.29, 1.82) is 0 Å². The average molecular weight is 438 g/mol. The van der Waals surface area contributed by atoms with Gasteiger partial charge in [-0.1, -0.05) is 29.8 Å². The lowest BCUT2D eigenvalue weighted by atomic mass is 9.83. The van der Waals surface area contributed by atoms with Gasteiger partial charge in [0.2, 0.25) is 0 Å². The topological polar surface area (TPSA) is 59.8 Å². The van der Waals surface area contributed by atoms with Gasteiger partial charge >= 0.3 is 0 Å². The van der Waals surface area contributed by atoms with Crippen molar-refractivity contribution in [2.24, 2.45) is 5.92 Å². The maximum atomic E-state index is 13.2. The molecule has 160 valence electrons. The number of hydrogen-bond acceptors (Lipinski definition) is 3. The number of rotatable bonds is 5. The molecule has 4 heterocycles. The number of benzene rings is 1. The molecule has 3 aromatic rings. The fraction of sp³-hybridized carbons (Fsp3) is 0.320. The number of halogens is 1. The second-order valence-corrected chi connectivity index (χ2v) is 9.11. The summed E-state index contributed by atoms with van der Waals surface area (Å²) < 4.78 is 7.68. The van der Waals surface area contributed by atoms with Crippen LogP contribution in [-0.2, 0) is 19.7 Å². The quantitative estimate of drug-likeness (QED) is 0.645. The van der Waals surface area contributed by atoms with Crippen LogP contribution < -0.4 is 10.5 Å². The molecular formula is C25H26ClN2O3+. The number of furan rings is 1. The van der Waals surface area contributed by atoms with Gasteiger partial charge in [-0.05, 0) is 54.5 Å². The van der Waals surface area contributed by atoms with E-state index in [4.69, 9.17) is 16.0 Å². The van der Waals surface area contributed by atoms with Gasteiger partial charge in [0.1, 0.15) is 18.9 Å². The van der Waals surface area contributed by atoms with Crippen LogP contribution in [-0.4, -0.2) is 22.8 Å². The number of fused-ring (bicyclic) bond motifs is 4. The van der Waals surface area contributed by atoms with Crippen LogP contribution >= 0.6 is 11.6 Å². The summed E-state index contributed by atoms with van der Waals surface area (Å²) in [6, 6.07) is 15.5. The first-order chi connectivity index (χ1) is 15.1. The Kier molecular flexibility index (Phi) is 5.57. The van der Waals surface area contributed by atoms with Crippen LogP contribution in [0.15, 0.2) is 57.7 Å². The van der Waals surface area contributed by atoms with Crippen LogP contribution in [0.25, 0.3) is 12.2 Å².